The molecule has 2 saturated heterocycles. The zero-order valence-corrected chi connectivity index (χ0v) is 33.9. The molecule has 6 aliphatic rings. The lowest BCUT2D eigenvalue weighted by molar-refractivity contribution is -0.189. The molecule has 6 fully saturated rings. The number of anilines is 1. The van der Waals surface area contributed by atoms with Gasteiger partial charge < -0.3 is 43.4 Å². The number of benzene rings is 2. The number of nitrogens with one attached hydrogen (secondary N) is 1. The summed E-state index contributed by atoms with van der Waals surface area (Å²) in [6.45, 7) is 5.41. The van der Waals surface area contributed by atoms with Crippen LogP contribution < -0.4 is 15.0 Å². The minimum atomic E-state index is -1.11. The molecule has 12 nitrogen and oxygen atoms in total. The summed E-state index contributed by atoms with van der Waals surface area (Å²) in [4.78, 5) is 34.0. The van der Waals surface area contributed by atoms with Gasteiger partial charge in [-0.2, -0.15) is 0 Å². The van der Waals surface area contributed by atoms with Gasteiger partial charge in [0.1, 0.15) is 25.1 Å². The highest BCUT2D eigenvalue weighted by molar-refractivity contribution is 6.35. The number of hydrogen-bond donors (Lipinski definition) is 1. The van der Waals surface area contributed by atoms with Crippen LogP contribution in [-0.4, -0.2) is 105 Å². The molecule has 4 aliphatic carbocycles. The van der Waals surface area contributed by atoms with Gasteiger partial charge in [-0.25, -0.2) is 4.98 Å². The first-order valence-electron chi connectivity index (χ1n) is 20.6. The van der Waals surface area contributed by atoms with E-state index in [2.05, 4.69) is 15.2 Å². The molecule has 1 aromatic heterocycles. The number of carbonyl (C=O) groups excluding carboxylic acids is 2. The van der Waals surface area contributed by atoms with Crippen LogP contribution in [0.1, 0.15) is 50.5 Å². The number of piperazine rings is 1. The Morgan fingerprint density at radius 2 is 1.75 bits per heavy atom. The van der Waals surface area contributed by atoms with Gasteiger partial charge in [-0.05, 0) is 104 Å². The maximum atomic E-state index is 12.9. The number of hydrogen-bond acceptors (Lipinski definition) is 9. The molecule has 1 N–H and O–H groups in total. The average Bonchev–Trinajstić information content (AvgIpc) is 3.95. The molecule has 0 radical (unpaired) electrons. The summed E-state index contributed by atoms with van der Waals surface area (Å²) in [6.07, 6.45) is 13.8. The van der Waals surface area contributed by atoms with Gasteiger partial charge in [0, 0.05) is 67.8 Å². The fraction of sp³-hybridized carbons (Fsp3) is 0.605. The average molecular weight is 823 g/mol. The molecule has 3 heterocycles. The summed E-state index contributed by atoms with van der Waals surface area (Å²) in [6, 6.07) is 13.3. The van der Waals surface area contributed by atoms with Gasteiger partial charge in [-0.15, -0.1) is 0 Å². The molecule has 57 heavy (non-hydrogen) atoms. The molecule has 9 rings (SSSR count). The van der Waals surface area contributed by atoms with E-state index in [0.29, 0.717) is 86.7 Å². The van der Waals surface area contributed by atoms with E-state index in [1.807, 2.05) is 46.0 Å². The molecular weight excluding hydrogens is 769 g/mol. The van der Waals surface area contributed by atoms with Crippen molar-refractivity contribution in [1.82, 2.24) is 19.8 Å². The van der Waals surface area contributed by atoms with Gasteiger partial charge in [-0.1, -0.05) is 29.3 Å². The molecule has 2 aromatic carbocycles. The van der Waals surface area contributed by atoms with Crippen molar-refractivity contribution >= 4 is 40.7 Å². The van der Waals surface area contributed by atoms with Gasteiger partial charge in [0.2, 0.25) is 17.6 Å². The predicted octanol–water partition coefficient (Wildman–Crippen LogP) is 5.94. The molecule has 3 bridgehead atoms. The third kappa shape index (κ3) is 7.90. The molecule has 1 spiro atoms. The van der Waals surface area contributed by atoms with Crippen molar-refractivity contribution < 1.29 is 33.3 Å². The third-order valence-electron chi connectivity index (χ3n) is 13.8. The molecule has 306 valence electrons. The number of fused-ring (bicyclic) bond motifs is 2. The largest absolute Gasteiger partial charge is 0.491 e. The van der Waals surface area contributed by atoms with Gasteiger partial charge in [0.15, 0.2) is 0 Å². The van der Waals surface area contributed by atoms with Crippen molar-refractivity contribution in [3.05, 3.63) is 76.8 Å². The quantitative estimate of drug-likeness (QED) is 0.165. The molecule has 2 aliphatic heterocycles. The monoisotopic (exact) mass is 821 g/mol. The smallest absolute Gasteiger partial charge is 0.248 e. The second kappa shape index (κ2) is 16.3. The molecular formula is C43H53Cl2N5O7. The first-order chi connectivity index (χ1) is 27.7. The Kier molecular flexibility index (Phi) is 11.2. The van der Waals surface area contributed by atoms with Gasteiger partial charge in [0.25, 0.3) is 0 Å². The summed E-state index contributed by atoms with van der Waals surface area (Å²) in [5.41, 5.74) is 2.54. The third-order valence-corrected chi connectivity index (χ3v) is 14.4. The Bertz CT molecular complexity index is 1890. The van der Waals surface area contributed by atoms with E-state index >= 15 is 0 Å². The van der Waals surface area contributed by atoms with Crippen LogP contribution in [-0.2, 0) is 40.9 Å². The maximum Gasteiger partial charge on any atom is 0.248 e. The number of aromatic nitrogens is 2. The minimum Gasteiger partial charge on any atom is -0.491 e. The number of amides is 2. The summed E-state index contributed by atoms with van der Waals surface area (Å²) in [5.74, 6) is 2.47. The predicted molar refractivity (Wildman–Crippen MR) is 214 cm³/mol. The number of ether oxygens (including phenoxy) is 5. The van der Waals surface area contributed by atoms with Crippen LogP contribution in [0.15, 0.2) is 61.2 Å². The maximum absolute atomic E-state index is 12.9. The van der Waals surface area contributed by atoms with Crippen molar-refractivity contribution in [1.29, 1.82) is 0 Å². The van der Waals surface area contributed by atoms with Crippen molar-refractivity contribution in [2.75, 3.05) is 77.3 Å². The van der Waals surface area contributed by atoms with E-state index in [1.54, 1.807) is 24.7 Å². The Morgan fingerprint density at radius 3 is 2.56 bits per heavy atom. The van der Waals surface area contributed by atoms with Gasteiger partial charge >= 0.3 is 0 Å². The van der Waals surface area contributed by atoms with Crippen LogP contribution in [0.4, 0.5) is 5.69 Å². The van der Waals surface area contributed by atoms with E-state index in [-0.39, 0.29) is 29.9 Å². The second-order valence-electron chi connectivity index (χ2n) is 17.2. The van der Waals surface area contributed by atoms with Crippen LogP contribution in [0, 0.1) is 28.6 Å². The van der Waals surface area contributed by atoms with Gasteiger partial charge in [-0.3, -0.25) is 9.59 Å². The summed E-state index contributed by atoms with van der Waals surface area (Å²) >= 11 is 12.8. The second-order valence-corrected chi connectivity index (χ2v) is 18.0. The van der Waals surface area contributed by atoms with Crippen LogP contribution in [0.5, 0.6) is 5.75 Å². The van der Waals surface area contributed by atoms with Crippen LogP contribution in [0.2, 0.25) is 10.0 Å². The lowest BCUT2D eigenvalue weighted by Crippen LogP contribution is -2.54. The standard InChI is InChI=1S/C43H53Cl2N5O7/c44-33-1-6-37(38(45)19-33)43(28-48-9-7-46-29-48)56-26-36(57-43)25-55-35-4-2-34(3-5-35)49-10-12-50(13-11-49)40(52)27-54-16-15-53-14-8-47-39(51)24-41-20-31-17-30-18-32(23-41)42(41,21-30)22-31/h1-7,9,19,29-32,36H,8,10-18,20-28H2,(H,47,51)/t30?,31?,32?,36-,41?,42?,43-/m0/s1. The zero-order chi connectivity index (χ0) is 39.0. The summed E-state index contributed by atoms with van der Waals surface area (Å²) in [7, 11) is 0. The summed E-state index contributed by atoms with van der Waals surface area (Å²) < 4.78 is 32.2. The van der Waals surface area contributed by atoms with Gasteiger partial charge in [0.05, 0.1) is 44.3 Å². The lowest BCUT2D eigenvalue weighted by Gasteiger charge is -2.59. The SMILES string of the molecule is O=C(CC12CC3CC4CC(C1)C2(C4)C3)NCCOCCOCC(=O)N1CCN(c2ccc(OC[C@H]3CO[C@](Cn4ccnc4)(c4ccc(Cl)cc4Cl)O3)cc2)CC1. The molecule has 5 unspecified atom stereocenters. The Balaban J connectivity index is 0.643. The highest BCUT2D eigenvalue weighted by atomic mass is 35.5. The fourth-order valence-electron chi connectivity index (χ4n) is 11.5. The first-order valence-corrected chi connectivity index (χ1v) is 21.4. The molecule has 4 saturated carbocycles. The molecule has 2 amide bonds. The van der Waals surface area contributed by atoms with E-state index in [0.717, 1.165) is 42.3 Å². The van der Waals surface area contributed by atoms with Crippen LogP contribution in [0.3, 0.4) is 0 Å². The van der Waals surface area contributed by atoms with Crippen molar-refractivity contribution in [3.63, 3.8) is 0 Å². The van der Waals surface area contributed by atoms with Crippen LogP contribution in [0.25, 0.3) is 0 Å². The highest BCUT2D eigenvalue weighted by Crippen LogP contribution is 2.82. The number of halogens is 2. The number of carbonyl (C=O) groups is 2. The number of imidazole rings is 1. The van der Waals surface area contributed by atoms with Crippen molar-refractivity contribution in [2.45, 2.75) is 63.4 Å². The van der Waals surface area contributed by atoms with E-state index in [9.17, 15) is 9.59 Å². The topological polar surface area (TPSA) is 117 Å². The fourth-order valence-corrected chi connectivity index (χ4v) is 12.1. The molecule has 7 atom stereocenters. The normalized spacial score (nSPS) is 31.1. The number of rotatable bonds is 17. The molecule has 14 heteroatoms. The van der Waals surface area contributed by atoms with E-state index < -0.39 is 5.79 Å². The first kappa shape index (κ1) is 39.1. The number of nitrogens with zero attached hydrogens (tertiary/aromatic N) is 4. The van der Waals surface area contributed by atoms with Crippen molar-refractivity contribution in [3.8, 4) is 5.75 Å². The van der Waals surface area contributed by atoms with E-state index in [1.165, 1.54) is 38.5 Å². The highest BCUT2D eigenvalue weighted by Gasteiger charge is 2.74. The molecule has 3 aromatic rings. The Morgan fingerprint density at radius 1 is 0.930 bits per heavy atom. The lowest BCUT2D eigenvalue weighted by atomic mass is 9.45. The minimum absolute atomic E-state index is 0.0155. The van der Waals surface area contributed by atoms with Crippen molar-refractivity contribution in [2.24, 2.45) is 28.6 Å². The van der Waals surface area contributed by atoms with E-state index in [4.69, 9.17) is 46.9 Å². The summed E-state index contributed by atoms with van der Waals surface area (Å²) in [5, 5.41) is 4.10. The Hall–Kier alpha value is -3.39. The van der Waals surface area contributed by atoms with Crippen LogP contribution >= 0.6 is 23.2 Å². The Labute approximate surface area is 344 Å². The zero-order valence-electron chi connectivity index (χ0n) is 32.4.